The van der Waals surface area contributed by atoms with Crippen molar-refractivity contribution in [2.24, 2.45) is 0 Å². The van der Waals surface area contributed by atoms with E-state index in [1.54, 1.807) is 11.3 Å². The number of thiazole rings is 1. The summed E-state index contributed by atoms with van der Waals surface area (Å²) in [5.74, 6) is 1.23. The third-order valence-electron chi connectivity index (χ3n) is 3.39. The number of likely N-dealkylation sites (N-methyl/N-ethyl adjacent to an activating group) is 1. The second-order valence-electron chi connectivity index (χ2n) is 6.02. The van der Waals surface area contributed by atoms with Gasteiger partial charge in [-0.3, -0.25) is 0 Å². The standard InChI is InChI=1S/C17H25N3OS/c1-12(2)15-11-22-17(19-15)10-13-5-6-16(14(18)9-13)21-8-7-20(3)4/h5-6,9,11-12H,7-8,10,18H2,1-4H3. The van der Waals surface area contributed by atoms with E-state index in [0.717, 1.165) is 29.4 Å². The van der Waals surface area contributed by atoms with Crippen LogP contribution in [0.4, 0.5) is 5.69 Å². The number of benzene rings is 1. The first kappa shape index (κ1) is 16.8. The molecule has 1 aromatic carbocycles. The maximum Gasteiger partial charge on any atom is 0.142 e. The Balaban J connectivity index is 1.99. The molecule has 2 aromatic rings. The molecule has 0 radical (unpaired) electrons. The minimum atomic E-state index is 0.475. The van der Waals surface area contributed by atoms with Crippen molar-refractivity contribution in [1.82, 2.24) is 9.88 Å². The molecule has 22 heavy (non-hydrogen) atoms. The lowest BCUT2D eigenvalue weighted by Gasteiger charge is -2.13. The number of rotatable bonds is 7. The zero-order valence-corrected chi connectivity index (χ0v) is 14.6. The van der Waals surface area contributed by atoms with E-state index in [1.165, 1.54) is 5.56 Å². The van der Waals surface area contributed by atoms with Crippen LogP contribution in [0.5, 0.6) is 5.75 Å². The maximum absolute atomic E-state index is 6.09. The van der Waals surface area contributed by atoms with E-state index in [-0.39, 0.29) is 0 Å². The number of hydrogen-bond donors (Lipinski definition) is 1. The fraction of sp³-hybridized carbons (Fsp3) is 0.471. The molecule has 0 atom stereocenters. The molecule has 0 saturated carbocycles. The molecule has 0 unspecified atom stereocenters. The van der Waals surface area contributed by atoms with Crippen LogP contribution in [0.15, 0.2) is 23.6 Å². The highest BCUT2D eigenvalue weighted by Gasteiger charge is 2.08. The van der Waals surface area contributed by atoms with Crippen molar-refractivity contribution in [3.63, 3.8) is 0 Å². The molecule has 1 aromatic heterocycles. The monoisotopic (exact) mass is 319 g/mol. The Morgan fingerprint density at radius 1 is 1.32 bits per heavy atom. The van der Waals surface area contributed by atoms with Crippen molar-refractivity contribution in [2.45, 2.75) is 26.2 Å². The Labute approximate surface area is 136 Å². The van der Waals surface area contributed by atoms with Gasteiger partial charge < -0.3 is 15.4 Å². The third-order valence-corrected chi connectivity index (χ3v) is 4.25. The van der Waals surface area contributed by atoms with Gasteiger partial charge in [0.25, 0.3) is 0 Å². The molecular formula is C17H25N3OS. The zero-order chi connectivity index (χ0) is 16.1. The average molecular weight is 319 g/mol. The highest BCUT2D eigenvalue weighted by atomic mass is 32.1. The van der Waals surface area contributed by atoms with E-state index in [1.807, 2.05) is 26.2 Å². The predicted octanol–water partition coefficient (Wildman–Crippen LogP) is 3.38. The van der Waals surface area contributed by atoms with Gasteiger partial charge in [-0.2, -0.15) is 0 Å². The van der Waals surface area contributed by atoms with Gasteiger partial charge in [-0.15, -0.1) is 11.3 Å². The van der Waals surface area contributed by atoms with Gasteiger partial charge in [-0.05, 0) is 37.7 Å². The second kappa shape index (κ2) is 7.61. The van der Waals surface area contributed by atoms with Crippen LogP contribution in [-0.4, -0.2) is 37.1 Å². The summed E-state index contributed by atoms with van der Waals surface area (Å²) < 4.78 is 5.71. The summed E-state index contributed by atoms with van der Waals surface area (Å²) in [4.78, 5) is 6.75. The molecular weight excluding hydrogens is 294 g/mol. The van der Waals surface area contributed by atoms with Gasteiger partial charge in [0.15, 0.2) is 0 Å². The molecule has 0 aliphatic heterocycles. The van der Waals surface area contributed by atoms with E-state index >= 15 is 0 Å². The number of anilines is 1. The van der Waals surface area contributed by atoms with E-state index in [0.29, 0.717) is 18.2 Å². The quantitative estimate of drug-likeness (QED) is 0.795. The number of aromatic nitrogens is 1. The molecule has 0 spiro atoms. The normalized spacial score (nSPS) is 11.4. The van der Waals surface area contributed by atoms with E-state index < -0.39 is 0 Å². The molecule has 1 heterocycles. The molecule has 2 N–H and O–H groups in total. The first-order valence-corrected chi connectivity index (χ1v) is 8.44. The van der Waals surface area contributed by atoms with Crippen molar-refractivity contribution in [1.29, 1.82) is 0 Å². The van der Waals surface area contributed by atoms with Crippen molar-refractivity contribution in [3.8, 4) is 5.75 Å². The smallest absolute Gasteiger partial charge is 0.142 e. The highest BCUT2D eigenvalue weighted by Crippen LogP contribution is 2.25. The van der Waals surface area contributed by atoms with Crippen LogP contribution in [0.25, 0.3) is 0 Å². The molecule has 0 fully saturated rings. The van der Waals surface area contributed by atoms with E-state index in [2.05, 4.69) is 35.2 Å². The van der Waals surface area contributed by atoms with Crippen molar-refractivity contribution >= 4 is 17.0 Å². The summed E-state index contributed by atoms with van der Waals surface area (Å²) in [6, 6.07) is 6.01. The van der Waals surface area contributed by atoms with Gasteiger partial charge in [0.05, 0.1) is 16.4 Å². The van der Waals surface area contributed by atoms with Gasteiger partial charge in [-0.1, -0.05) is 19.9 Å². The van der Waals surface area contributed by atoms with Crippen molar-refractivity contribution in [3.05, 3.63) is 39.8 Å². The van der Waals surface area contributed by atoms with Gasteiger partial charge >= 0.3 is 0 Å². The summed E-state index contributed by atoms with van der Waals surface area (Å²) in [6.45, 7) is 5.84. The van der Waals surface area contributed by atoms with Gasteiger partial charge in [-0.25, -0.2) is 4.98 Å². The van der Waals surface area contributed by atoms with Crippen molar-refractivity contribution in [2.75, 3.05) is 33.0 Å². The largest absolute Gasteiger partial charge is 0.490 e. The van der Waals surface area contributed by atoms with Gasteiger partial charge in [0, 0.05) is 18.3 Å². The van der Waals surface area contributed by atoms with E-state index in [9.17, 15) is 0 Å². The number of hydrogen-bond acceptors (Lipinski definition) is 5. The minimum Gasteiger partial charge on any atom is -0.490 e. The first-order valence-electron chi connectivity index (χ1n) is 7.56. The molecule has 0 bridgehead atoms. The van der Waals surface area contributed by atoms with Crippen LogP contribution in [-0.2, 0) is 6.42 Å². The fourth-order valence-electron chi connectivity index (χ4n) is 2.02. The Hall–Kier alpha value is -1.59. The SMILES string of the molecule is CC(C)c1csc(Cc2ccc(OCCN(C)C)c(N)c2)n1. The maximum atomic E-state index is 6.09. The Morgan fingerprint density at radius 3 is 2.68 bits per heavy atom. The topological polar surface area (TPSA) is 51.4 Å². The lowest BCUT2D eigenvalue weighted by molar-refractivity contribution is 0.262. The number of nitrogens with two attached hydrogens (primary N) is 1. The zero-order valence-electron chi connectivity index (χ0n) is 13.8. The lowest BCUT2D eigenvalue weighted by atomic mass is 10.1. The summed E-state index contributed by atoms with van der Waals surface area (Å²) in [5, 5.41) is 3.27. The van der Waals surface area contributed by atoms with Gasteiger partial charge in [0.2, 0.25) is 0 Å². The third kappa shape index (κ3) is 4.71. The molecule has 4 nitrogen and oxygen atoms in total. The number of ether oxygens (including phenoxy) is 1. The Kier molecular flexibility index (Phi) is 5.80. The predicted molar refractivity (Wildman–Crippen MR) is 93.9 cm³/mol. The lowest BCUT2D eigenvalue weighted by Crippen LogP contribution is -2.19. The van der Waals surface area contributed by atoms with Gasteiger partial charge in [0.1, 0.15) is 12.4 Å². The summed E-state index contributed by atoms with van der Waals surface area (Å²) in [6.07, 6.45) is 0.819. The van der Waals surface area contributed by atoms with Crippen LogP contribution in [0.1, 0.15) is 36.0 Å². The van der Waals surface area contributed by atoms with E-state index in [4.69, 9.17) is 10.5 Å². The Bertz CT molecular complexity index is 608. The highest BCUT2D eigenvalue weighted by molar-refractivity contribution is 7.09. The van der Waals surface area contributed by atoms with Crippen molar-refractivity contribution < 1.29 is 4.74 Å². The summed E-state index contributed by atoms with van der Waals surface area (Å²) in [7, 11) is 4.05. The summed E-state index contributed by atoms with van der Waals surface area (Å²) in [5.41, 5.74) is 9.11. The second-order valence-corrected chi connectivity index (χ2v) is 6.96. The molecule has 0 aliphatic rings. The fourth-order valence-corrected chi connectivity index (χ4v) is 3.01. The van der Waals surface area contributed by atoms with Crippen LogP contribution < -0.4 is 10.5 Å². The molecule has 0 amide bonds. The molecule has 2 rings (SSSR count). The average Bonchev–Trinajstić information content (AvgIpc) is 2.89. The van der Waals surface area contributed by atoms with Crippen LogP contribution in [0, 0.1) is 0 Å². The molecule has 0 aliphatic carbocycles. The molecule has 120 valence electrons. The van der Waals surface area contributed by atoms with Crippen LogP contribution in [0.3, 0.4) is 0 Å². The number of nitrogen functional groups attached to an aromatic ring is 1. The Morgan fingerprint density at radius 2 is 2.09 bits per heavy atom. The minimum absolute atomic E-state index is 0.475. The molecule has 0 saturated heterocycles. The summed E-state index contributed by atoms with van der Waals surface area (Å²) >= 11 is 1.71. The van der Waals surface area contributed by atoms with Crippen LogP contribution >= 0.6 is 11.3 Å². The van der Waals surface area contributed by atoms with Crippen LogP contribution in [0.2, 0.25) is 0 Å². The number of nitrogens with zero attached hydrogens (tertiary/aromatic N) is 2. The molecule has 5 heteroatoms. The first-order chi connectivity index (χ1) is 10.5.